The number of ether oxygens (including phenoxy) is 6. The number of H-pyrrole nitrogens is 1. The standard InChI is InChI=1S/C19H16NO.C17H13N2O.C16H13N2O.C16H12NO2.C16H12NOS.C13H12NO/c1-14-11-16(15-7-3-2-4-8-15)12-17-18-9-5-6-10-20(18)13-21-19(14)17;1-3-10-18-15(8-1)13-6-5-7-14-16-9-2-4-11-19(16)12-20-17(13)14;1-2-10-18-11-19-16-12(14-7-4-9-17-14)5-3-6-13(16)15(18)8-1;1-2-9-17-11-19-16-12(14(17)7-1)5-3-6-13(16)15-8-4-10-18-15;1-2-9-17-11-18-16-12(14(17)7-1)5-3-6-13(16)15-8-4-10-19-15;1-10-5-4-6-11-12-7-2-3-8-14(12)9-15-13(10)11/h2-12H,13H2,1H3;1-11H,12H2;1-10,17H,11H2;2*1-10H,11H2;2-8H,9H2,1H3/q6*+1. The molecule has 0 saturated carbocycles. The van der Waals surface area contributed by atoms with Crippen molar-refractivity contribution in [2.75, 3.05) is 0 Å². The number of thiophene rings is 1. The lowest BCUT2D eigenvalue weighted by atomic mass is 9.97. The van der Waals surface area contributed by atoms with Crippen LogP contribution in [0, 0.1) is 13.8 Å². The van der Waals surface area contributed by atoms with E-state index in [1.54, 1.807) is 23.8 Å². The van der Waals surface area contributed by atoms with Crippen molar-refractivity contribution in [1.82, 2.24) is 9.97 Å². The zero-order chi connectivity index (χ0) is 75.8. The molecule has 0 unspecified atom stereocenters. The number of rotatable bonds is 5. The Hall–Kier alpha value is -14.4. The molecule has 6 aliphatic rings. The van der Waals surface area contributed by atoms with Gasteiger partial charge in [0.1, 0.15) is 34.5 Å². The van der Waals surface area contributed by atoms with Crippen molar-refractivity contribution in [2.24, 2.45) is 0 Å². The van der Waals surface area contributed by atoms with E-state index >= 15 is 0 Å². The molecule has 6 aliphatic heterocycles. The summed E-state index contributed by atoms with van der Waals surface area (Å²) in [6, 6.07) is 101. The second kappa shape index (κ2) is 32.1. The molecule has 15 nitrogen and oxygen atoms in total. The number of nitrogens with zero attached hydrogens (tertiary/aromatic N) is 7. The Morgan fingerprint density at radius 2 is 0.717 bits per heavy atom. The van der Waals surface area contributed by atoms with Crippen molar-refractivity contribution >= 4 is 11.3 Å². The molecule has 10 aromatic heterocycles. The molecule has 0 bridgehead atoms. The van der Waals surface area contributed by atoms with E-state index < -0.39 is 0 Å². The monoisotopic (exact) mass is 1500 g/mol. The van der Waals surface area contributed by atoms with Gasteiger partial charge in [0, 0.05) is 112 Å². The van der Waals surface area contributed by atoms with Gasteiger partial charge < -0.3 is 37.8 Å². The van der Waals surface area contributed by atoms with Crippen LogP contribution < -0.4 is 55.8 Å². The van der Waals surface area contributed by atoms with Gasteiger partial charge in [-0.2, -0.15) is 27.4 Å². The molecule has 0 saturated heterocycles. The molecule has 0 radical (unpaired) electrons. The van der Waals surface area contributed by atoms with Crippen LogP contribution in [0.15, 0.2) is 363 Å². The zero-order valence-corrected chi connectivity index (χ0v) is 63.0. The van der Waals surface area contributed by atoms with Crippen molar-refractivity contribution in [3.05, 3.63) is 370 Å². The van der Waals surface area contributed by atoms with Crippen molar-refractivity contribution in [1.29, 1.82) is 0 Å². The molecule has 0 fully saturated rings. The van der Waals surface area contributed by atoms with Crippen LogP contribution in [0.5, 0.6) is 34.5 Å². The van der Waals surface area contributed by atoms with Crippen LogP contribution in [0.25, 0.3) is 123 Å². The lowest BCUT2D eigenvalue weighted by Crippen LogP contribution is -2.41. The summed E-state index contributed by atoms with van der Waals surface area (Å²) >= 11 is 1.74. The SMILES string of the molecule is Cc1cc(-c2ccccc2)cc2c1OC[n+]1ccccc1-2.Cc1cccc2c1OC[n+]1ccccc1-2.c1c[nH]c(-c2cccc3c2OC[n+]2ccccc2-3)c1.c1ccc(-c2cccc3c2OC[n+]2ccccc2-3)nc1.c1coc(-c2cccc3c2OC[n+]2ccccc2-3)c1.c1csc(-c2cccc3c2OC[n+]2ccccc2-3)c1. The van der Waals surface area contributed by atoms with Crippen molar-refractivity contribution in [3.63, 3.8) is 0 Å². The van der Waals surface area contributed by atoms with Gasteiger partial charge in [-0.15, -0.1) is 11.3 Å². The fourth-order valence-corrected chi connectivity index (χ4v) is 15.8. The fourth-order valence-electron chi connectivity index (χ4n) is 15.1. The number of hydrogen-bond acceptors (Lipinski definition) is 9. The lowest BCUT2D eigenvalue weighted by Gasteiger charge is -2.18. The van der Waals surface area contributed by atoms with Crippen molar-refractivity contribution in [3.8, 4) is 157 Å². The van der Waals surface area contributed by atoms with E-state index in [0.717, 1.165) is 96.3 Å². The number of aryl methyl sites for hydroxylation is 2. The molecular formula is C97H78N8O7S+6. The number of hydrogen-bond donors (Lipinski definition) is 1. The Labute approximate surface area is 658 Å². The largest absolute Gasteiger partial charge is 0.464 e. The van der Waals surface area contributed by atoms with E-state index in [0.29, 0.717) is 40.4 Å². The summed E-state index contributed by atoms with van der Waals surface area (Å²) in [6.07, 6.45) is 17.7. The lowest BCUT2D eigenvalue weighted by molar-refractivity contribution is -0.717. The normalized spacial score (nSPS) is 12.4. The summed E-state index contributed by atoms with van der Waals surface area (Å²) < 4.78 is 53.6. The van der Waals surface area contributed by atoms with Gasteiger partial charge in [-0.05, 0) is 187 Å². The number of aromatic nitrogens is 8. The van der Waals surface area contributed by atoms with Gasteiger partial charge in [0.2, 0.25) is 34.2 Å². The summed E-state index contributed by atoms with van der Waals surface area (Å²) in [7, 11) is 0. The average Bonchev–Trinajstić information content (AvgIpc) is 1.47. The van der Waals surface area contributed by atoms with Crippen LogP contribution in [0.1, 0.15) is 11.1 Å². The van der Waals surface area contributed by atoms with E-state index in [-0.39, 0.29) is 0 Å². The molecule has 113 heavy (non-hydrogen) atoms. The van der Waals surface area contributed by atoms with E-state index in [9.17, 15) is 0 Å². The van der Waals surface area contributed by atoms with Gasteiger partial charge in [0.15, 0.2) is 42.9 Å². The van der Waals surface area contributed by atoms with Gasteiger partial charge in [-0.1, -0.05) is 78.9 Å². The summed E-state index contributed by atoms with van der Waals surface area (Å²) in [5.41, 5.74) is 25.2. The number of furan rings is 1. The number of nitrogens with one attached hydrogen (secondary N) is 1. The van der Waals surface area contributed by atoms with Crippen LogP contribution in [0.3, 0.4) is 0 Å². The topological polar surface area (TPSA) is 120 Å². The number of pyridine rings is 7. The van der Waals surface area contributed by atoms with E-state index in [4.69, 9.17) is 32.8 Å². The van der Waals surface area contributed by atoms with Gasteiger partial charge in [0.25, 0.3) is 40.4 Å². The summed E-state index contributed by atoms with van der Waals surface area (Å²) in [4.78, 5) is 8.92. The molecule has 16 heterocycles. The molecule has 0 spiro atoms. The third-order valence-corrected chi connectivity index (χ3v) is 21.3. The predicted molar refractivity (Wildman–Crippen MR) is 435 cm³/mol. The first-order chi connectivity index (χ1) is 55.9. The van der Waals surface area contributed by atoms with Crippen LogP contribution in [-0.4, -0.2) is 9.97 Å². The highest BCUT2D eigenvalue weighted by atomic mass is 32.1. The Balaban J connectivity index is 0.0000000947. The highest BCUT2D eigenvalue weighted by Gasteiger charge is 2.32. The highest BCUT2D eigenvalue weighted by molar-refractivity contribution is 7.13. The minimum atomic E-state index is 0.529. The van der Waals surface area contributed by atoms with Crippen molar-refractivity contribution in [2.45, 2.75) is 54.2 Å². The molecule has 23 rings (SSSR count). The molecule has 17 aromatic rings. The number of benzene rings is 7. The maximum absolute atomic E-state index is 5.97. The van der Waals surface area contributed by atoms with Crippen molar-refractivity contribution < 1.29 is 60.2 Å². The van der Waals surface area contributed by atoms with Gasteiger partial charge in [-0.3, -0.25) is 4.98 Å². The molecule has 16 heteroatoms. The van der Waals surface area contributed by atoms with Crippen LogP contribution in [-0.2, 0) is 40.4 Å². The van der Waals surface area contributed by atoms with E-state index in [2.05, 4.69) is 263 Å². The van der Waals surface area contributed by atoms with Gasteiger partial charge in [-0.25, -0.2) is 0 Å². The molecule has 548 valence electrons. The summed E-state index contributed by atoms with van der Waals surface area (Å²) in [5, 5.41) is 2.10. The maximum Gasteiger partial charge on any atom is 0.292 e. The summed E-state index contributed by atoms with van der Waals surface area (Å²) in [5.74, 6) is 6.61. The predicted octanol–water partition coefficient (Wildman–Crippen LogP) is 19.3. The minimum absolute atomic E-state index is 0.529. The molecule has 1 N–H and O–H groups in total. The third kappa shape index (κ3) is 14.4. The minimum Gasteiger partial charge on any atom is -0.464 e. The first-order valence-electron chi connectivity index (χ1n) is 37.6. The molecule has 0 aliphatic carbocycles. The molecular weight excluding hydrogens is 1420 g/mol. The fraction of sp³-hybridized carbons (Fsp3) is 0.0825. The highest BCUT2D eigenvalue weighted by Crippen LogP contribution is 2.45. The van der Waals surface area contributed by atoms with Crippen LogP contribution >= 0.6 is 11.3 Å². The summed E-state index contributed by atoms with van der Waals surface area (Å²) in [6.45, 7) is 7.57. The Morgan fingerprint density at radius 3 is 1.19 bits per heavy atom. The van der Waals surface area contributed by atoms with Crippen LogP contribution in [0.4, 0.5) is 0 Å². The molecule has 7 aromatic carbocycles. The maximum atomic E-state index is 5.97. The van der Waals surface area contributed by atoms with E-state index in [1.807, 2.05) is 134 Å². The quantitative estimate of drug-likeness (QED) is 0.169. The smallest absolute Gasteiger partial charge is 0.292 e. The Kier molecular flexibility index (Phi) is 20.0. The zero-order valence-electron chi connectivity index (χ0n) is 62.2. The number of para-hydroxylation sites is 5. The van der Waals surface area contributed by atoms with E-state index in [1.165, 1.54) is 72.3 Å². The second-order valence-corrected chi connectivity index (χ2v) is 28.4. The van der Waals surface area contributed by atoms with Gasteiger partial charge in [0.05, 0.1) is 50.9 Å². The van der Waals surface area contributed by atoms with Gasteiger partial charge >= 0.3 is 0 Å². The number of aromatic amines is 1. The average molecular weight is 1500 g/mol. The second-order valence-electron chi connectivity index (χ2n) is 27.4. The first kappa shape index (κ1) is 70.3. The number of fused-ring (bicyclic) bond motifs is 18. The first-order valence-corrected chi connectivity index (χ1v) is 38.4. The Morgan fingerprint density at radius 1 is 0.301 bits per heavy atom. The Bertz CT molecular complexity index is 5940. The molecule has 0 atom stereocenters. The molecule has 0 amide bonds. The van der Waals surface area contributed by atoms with Crippen LogP contribution in [0.2, 0.25) is 0 Å². The third-order valence-electron chi connectivity index (χ3n) is 20.4.